The number of anilines is 4. The Morgan fingerprint density at radius 1 is 0.706 bits per heavy atom. The maximum atomic E-state index is 4.98. The van der Waals surface area contributed by atoms with Gasteiger partial charge in [0.25, 0.3) is 0 Å². The van der Waals surface area contributed by atoms with E-state index in [9.17, 15) is 0 Å². The van der Waals surface area contributed by atoms with Gasteiger partial charge in [-0.1, -0.05) is 83.1 Å². The Bertz CT molecular complexity index is 1510. The number of aromatic nitrogens is 1. The molecule has 0 bridgehead atoms. The monoisotopic (exact) mass is 615 g/mol. The molecule has 2 aliphatic heterocycles. The summed E-state index contributed by atoms with van der Waals surface area (Å²) in [6.45, 7) is 0.199. The summed E-state index contributed by atoms with van der Waals surface area (Å²) >= 11 is 0. The van der Waals surface area contributed by atoms with E-state index < -0.39 is 0 Å². The molecule has 0 saturated carbocycles. The Balaban J connectivity index is 0.00000217. The number of hydrogen-bond acceptors (Lipinski definition) is 3. The predicted octanol–water partition coefficient (Wildman–Crippen LogP) is 4.38. The van der Waals surface area contributed by atoms with Gasteiger partial charge in [0.2, 0.25) is 0 Å². The molecule has 1 aromatic heterocycles. The Labute approximate surface area is 213 Å². The molecule has 0 saturated heterocycles. The molecule has 34 heavy (non-hydrogen) atoms. The van der Waals surface area contributed by atoms with Crippen LogP contribution in [-0.4, -0.2) is 25.8 Å². The van der Waals surface area contributed by atoms with Crippen molar-refractivity contribution in [3.05, 3.63) is 97.1 Å². The van der Waals surface area contributed by atoms with Crippen LogP contribution in [0.15, 0.2) is 91.0 Å². The normalized spacial score (nSPS) is 13.2. The standard InChI is InChI=1S/C29H21BN3.Ir/c1-32-25-13-7-4-10-21(25)30-22-11-5-8-14-26(22)33(2)28-18-20(17-27(32)29(28)30)24-16-15-19-9-3-6-12-23(19)31-24;/h3-17H,1-2H3;/q-1;. The summed E-state index contributed by atoms with van der Waals surface area (Å²) in [6.07, 6.45) is 0. The molecule has 5 aromatic rings. The third-order valence-electron chi connectivity index (χ3n) is 7.14. The van der Waals surface area contributed by atoms with E-state index in [4.69, 9.17) is 4.98 Å². The van der Waals surface area contributed by atoms with Crippen LogP contribution in [0.4, 0.5) is 22.7 Å². The first-order valence-corrected chi connectivity index (χ1v) is 11.3. The second-order valence-corrected chi connectivity index (χ2v) is 8.89. The molecule has 0 amide bonds. The van der Waals surface area contributed by atoms with Gasteiger partial charge in [-0.2, -0.15) is 0 Å². The van der Waals surface area contributed by atoms with Crippen LogP contribution in [0.2, 0.25) is 0 Å². The molecule has 3 nitrogen and oxygen atoms in total. The van der Waals surface area contributed by atoms with Crippen LogP contribution in [0, 0.1) is 6.07 Å². The number of pyridine rings is 1. The quantitative estimate of drug-likeness (QED) is 0.207. The zero-order valence-electron chi connectivity index (χ0n) is 18.9. The Kier molecular flexibility index (Phi) is 4.88. The molecular weight excluding hydrogens is 593 g/mol. The second kappa shape index (κ2) is 7.83. The SMILES string of the molecule is CN1c2[c-]c(-c3ccc4ccccc4n3)cc3c2B(c2ccccc21)c1ccccc1N3C.[Ir]. The number of fused-ring (bicyclic) bond motifs is 5. The smallest absolute Gasteiger partial charge is 0.200 e. The zero-order valence-corrected chi connectivity index (χ0v) is 21.3. The first-order valence-electron chi connectivity index (χ1n) is 11.3. The van der Waals surface area contributed by atoms with Crippen molar-refractivity contribution in [2.75, 3.05) is 23.9 Å². The van der Waals surface area contributed by atoms with E-state index in [1.54, 1.807) is 0 Å². The predicted molar refractivity (Wildman–Crippen MR) is 140 cm³/mol. The van der Waals surface area contributed by atoms with Gasteiger partial charge in [-0.3, -0.25) is 4.98 Å². The third kappa shape index (κ3) is 2.91. The van der Waals surface area contributed by atoms with Gasteiger partial charge in [0.1, 0.15) is 0 Å². The van der Waals surface area contributed by atoms with E-state index in [0.717, 1.165) is 27.8 Å². The van der Waals surface area contributed by atoms with Crippen molar-refractivity contribution < 1.29 is 20.1 Å². The summed E-state index contributed by atoms with van der Waals surface area (Å²) in [4.78, 5) is 9.59. The van der Waals surface area contributed by atoms with Crippen molar-refractivity contribution in [2.24, 2.45) is 0 Å². The molecule has 3 heterocycles. The number of para-hydroxylation sites is 3. The molecule has 0 fully saturated rings. The van der Waals surface area contributed by atoms with Gasteiger partial charge in [0, 0.05) is 45.6 Å². The van der Waals surface area contributed by atoms with E-state index in [2.05, 4.69) is 115 Å². The van der Waals surface area contributed by atoms with Crippen LogP contribution in [0.3, 0.4) is 0 Å². The molecule has 7 rings (SSSR count). The second-order valence-electron chi connectivity index (χ2n) is 8.89. The van der Waals surface area contributed by atoms with Gasteiger partial charge in [-0.15, -0.1) is 17.7 Å². The molecule has 0 N–H and O–H groups in total. The van der Waals surface area contributed by atoms with Crippen LogP contribution in [0.25, 0.3) is 22.2 Å². The van der Waals surface area contributed by atoms with Gasteiger partial charge >= 0.3 is 0 Å². The fourth-order valence-electron chi connectivity index (χ4n) is 5.55. The van der Waals surface area contributed by atoms with Crippen molar-refractivity contribution in [3.63, 3.8) is 0 Å². The van der Waals surface area contributed by atoms with Crippen molar-refractivity contribution in [3.8, 4) is 11.3 Å². The Hall–Kier alpha value is -3.40. The van der Waals surface area contributed by atoms with Crippen molar-refractivity contribution in [2.45, 2.75) is 0 Å². The van der Waals surface area contributed by atoms with E-state index in [0.29, 0.717) is 0 Å². The van der Waals surface area contributed by atoms with Crippen LogP contribution in [0.1, 0.15) is 0 Å². The Morgan fingerprint density at radius 3 is 2.12 bits per heavy atom. The van der Waals surface area contributed by atoms with Crippen LogP contribution in [-0.2, 0) is 20.1 Å². The Morgan fingerprint density at radius 2 is 1.35 bits per heavy atom. The van der Waals surface area contributed by atoms with Crippen molar-refractivity contribution in [1.82, 2.24) is 4.98 Å². The molecule has 4 aromatic carbocycles. The maximum absolute atomic E-state index is 4.98. The van der Waals surface area contributed by atoms with Crippen LogP contribution >= 0.6 is 0 Å². The zero-order chi connectivity index (χ0) is 22.1. The first-order chi connectivity index (χ1) is 16.2. The molecule has 0 aliphatic carbocycles. The molecular formula is C29H21BIrN3-. The van der Waals surface area contributed by atoms with Gasteiger partial charge < -0.3 is 9.80 Å². The summed E-state index contributed by atoms with van der Waals surface area (Å²) in [7, 11) is 4.32. The van der Waals surface area contributed by atoms with Gasteiger partial charge in [0.15, 0.2) is 6.71 Å². The summed E-state index contributed by atoms with van der Waals surface area (Å²) in [5.74, 6) is 0. The van der Waals surface area contributed by atoms with E-state index >= 15 is 0 Å². The largest absolute Gasteiger partial charge is 0.363 e. The summed E-state index contributed by atoms with van der Waals surface area (Å²) in [5.41, 5.74) is 11.8. The molecule has 165 valence electrons. The molecule has 0 spiro atoms. The number of hydrogen-bond donors (Lipinski definition) is 0. The summed E-state index contributed by atoms with van der Waals surface area (Å²) in [6, 6.07) is 36.1. The van der Waals surface area contributed by atoms with Crippen LogP contribution in [0.5, 0.6) is 0 Å². The molecule has 0 atom stereocenters. The van der Waals surface area contributed by atoms with Gasteiger partial charge in [-0.05, 0) is 40.7 Å². The molecule has 0 unspecified atom stereocenters. The molecule has 1 radical (unpaired) electrons. The van der Waals surface area contributed by atoms with Crippen molar-refractivity contribution in [1.29, 1.82) is 0 Å². The van der Waals surface area contributed by atoms with E-state index in [1.165, 1.54) is 33.5 Å². The molecule has 5 heteroatoms. The topological polar surface area (TPSA) is 19.4 Å². The summed E-state index contributed by atoms with van der Waals surface area (Å²) in [5, 5.41) is 1.15. The summed E-state index contributed by atoms with van der Waals surface area (Å²) < 4.78 is 0. The number of nitrogens with zero attached hydrogens (tertiary/aromatic N) is 3. The van der Waals surface area contributed by atoms with Crippen molar-refractivity contribution >= 4 is 56.8 Å². The number of rotatable bonds is 1. The van der Waals surface area contributed by atoms with Gasteiger partial charge in [0.05, 0.1) is 5.52 Å². The minimum Gasteiger partial charge on any atom is -0.363 e. The fraction of sp³-hybridized carbons (Fsp3) is 0.0690. The number of benzene rings is 4. The van der Waals surface area contributed by atoms with Gasteiger partial charge in [-0.25, -0.2) is 0 Å². The third-order valence-corrected chi connectivity index (χ3v) is 7.14. The average molecular weight is 615 g/mol. The maximum Gasteiger partial charge on any atom is 0.200 e. The van der Waals surface area contributed by atoms with Crippen LogP contribution < -0.4 is 26.2 Å². The van der Waals surface area contributed by atoms with E-state index in [-0.39, 0.29) is 26.8 Å². The minimum absolute atomic E-state index is 0. The molecule has 2 aliphatic rings. The fourth-order valence-corrected chi connectivity index (χ4v) is 5.55. The first kappa shape index (κ1) is 21.2. The minimum atomic E-state index is 0. The average Bonchev–Trinajstić information content (AvgIpc) is 2.88. The van der Waals surface area contributed by atoms with E-state index in [1.807, 2.05) is 6.07 Å².